The van der Waals surface area contributed by atoms with E-state index < -0.39 is 5.59 Å². The SMILES string of the molecule is CCc1cccc(CC)c1N1[CH]([Ru][PH](C(C)C)(C(C)C)C(C)C)C(C)(CC)CC1(C)CC. The molecule has 0 spiro atoms. The molecule has 1 aromatic rings. The molecule has 188 valence electrons. The minimum atomic E-state index is -1.45. The standard InChI is InChI=1S/C20H32N.C9H21P.Ru/c1-7-16-12-11-13-17(8-2)18(16)21-15-19(5,9-3)14-20(21,6)10-4;1-7(2)10(8(3)4)9(5)6;/h11-13,15H,7-10,14H2,1-6H3;7-9H,1-6H3;/q;;-1/p+1. The number of nitrogens with zero attached hydrogens (tertiary/aromatic N) is 1. The minimum absolute atomic E-state index is 0.254. The molecule has 1 fully saturated rings. The van der Waals surface area contributed by atoms with Gasteiger partial charge in [-0.05, 0) is 0 Å². The molecule has 1 aliphatic heterocycles. The normalized spacial score (nSPS) is 27.3. The van der Waals surface area contributed by atoms with E-state index in [9.17, 15) is 0 Å². The average molecular weight is 549 g/mol. The topological polar surface area (TPSA) is 3.24 Å². The Morgan fingerprint density at radius 1 is 0.875 bits per heavy atom. The monoisotopic (exact) mass is 549 g/mol. The molecule has 0 radical (unpaired) electrons. The fourth-order valence-electron chi connectivity index (χ4n) is 6.79. The van der Waals surface area contributed by atoms with Gasteiger partial charge >= 0.3 is 210 Å². The number of benzene rings is 1. The molecule has 3 atom stereocenters. The van der Waals surface area contributed by atoms with Crippen LogP contribution in [-0.4, -0.2) is 27.2 Å². The zero-order valence-corrected chi connectivity index (χ0v) is 26.1. The fraction of sp³-hybridized carbons (Fsp3) is 0.793. The summed E-state index contributed by atoms with van der Waals surface area (Å²) in [5.74, 6) is 0. The second kappa shape index (κ2) is 10.8. The Hall–Kier alpha value is 0.0734. The number of hydrogen-bond donors (Lipinski definition) is 0. The van der Waals surface area contributed by atoms with Crippen LogP contribution in [0.25, 0.3) is 0 Å². The van der Waals surface area contributed by atoms with E-state index in [1.54, 1.807) is 16.8 Å². The average Bonchev–Trinajstić information content (AvgIpc) is 2.97. The van der Waals surface area contributed by atoms with Gasteiger partial charge in [0.2, 0.25) is 0 Å². The van der Waals surface area contributed by atoms with Crippen LogP contribution in [0.15, 0.2) is 18.2 Å². The van der Waals surface area contributed by atoms with E-state index in [0.717, 1.165) is 34.5 Å². The Labute approximate surface area is 209 Å². The second-order valence-corrected chi connectivity index (χ2v) is 24.0. The molecule has 1 aromatic carbocycles. The summed E-state index contributed by atoms with van der Waals surface area (Å²) in [7, 11) is 0. The van der Waals surface area contributed by atoms with E-state index in [4.69, 9.17) is 0 Å². The molecule has 32 heavy (non-hydrogen) atoms. The molecule has 1 heterocycles. The molecular formula is C29H54NPRu. The Kier molecular flexibility index (Phi) is 9.53. The van der Waals surface area contributed by atoms with E-state index in [1.165, 1.54) is 19.3 Å². The molecule has 0 amide bonds. The fourth-order valence-corrected chi connectivity index (χ4v) is 23.6. The summed E-state index contributed by atoms with van der Waals surface area (Å²) in [6, 6.07) is 7.13. The number of aryl methyl sites for hydroxylation is 2. The second-order valence-electron chi connectivity index (χ2n) is 11.7. The van der Waals surface area contributed by atoms with Crippen LogP contribution in [0.3, 0.4) is 0 Å². The van der Waals surface area contributed by atoms with E-state index in [-0.39, 0.29) is 5.54 Å². The van der Waals surface area contributed by atoms with E-state index in [1.807, 2.05) is 0 Å². The van der Waals surface area contributed by atoms with Crippen molar-refractivity contribution in [2.75, 3.05) is 4.90 Å². The van der Waals surface area contributed by atoms with Gasteiger partial charge in [0.05, 0.1) is 0 Å². The van der Waals surface area contributed by atoms with Crippen molar-refractivity contribution >= 4 is 11.3 Å². The molecule has 1 aliphatic rings. The van der Waals surface area contributed by atoms with Crippen molar-refractivity contribution in [1.29, 1.82) is 0 Å². The van der Waals surface area contributed by atoms with Crippen molar-refractivity contribution < 1.29 is 16.6 Å². The third-order valence-corrected chi connectivity index (χ3v) is 29.3. The summed E-state index contributed by atoms with van der Waals surface area (Å²) < 4.78 is 0.724. The van der Waals surface area contributed by atoms with Gasteiger partial charge in [0.1, 0.15) is 0 Å². The maximum atomic E-state index is 3.06. The van der Waals surface area contributed by atoms with Crippen molar-refractivity contribution in [1.82, 2.24) is 0 Å². The van der Waals surface area contributed by atoms with E-state index in [0.29, 0.717) is 22.1 Å². The molecule has 3 heteroatoms. The van der Waals surface area contributed by atoms with Gasteiger partial charge in [0.25, 0.3) is 0 Å². The van der Waals surface area contributed by atoms with E-state index >= 15 is 0 Å². The van der Waals surface area contributed by atoms with Crippen LogP contribution < -0.4 is 4.90 Å². The van der Waals surface area contributed by atoms with Gasteiger partial charge in [0, 0.05) is 0 Å². The molecule has 0 bridgehead atoms. The molecule has 0 saturated carbocycles. The van der Waals surface area contributed by atoms with Crippen LogP contribution in [0.1, 0.15) is 113 Å². The van der Waals surface area contributed by atoms with Crippen molar-refractivity contribution in [2.24, 2.45) is 5.41 Å². The Morgan fingerprint density at radius 3 is 1.69 bits per heavy atom. The molecule has 3 unspecified atom stereocenters. The third-order valence-electron chi connectivity index (χ3n) is 8.81. The van der Waals surface area contributed by atoms with Gasteiger partial charge in [-0.15, -0.1) is 0 Å². The summed E-state index contributed by atoms with van der Waals surface area (Å²) in [5.41, 5.74) is 6.52. The molecule has 2 rings (SSSR count). The third kappa shape index (κ3) is 4.76. The summed E-state index contributed by atoms with van der Waals surface area (Å²) >= 11 is 0.300. The quantitative estimate of drug-likeness (QED) is 0.208. The van der Waals surface area contributed by atoms with E-state index in [2.05, 4.69) is 106 Å². The molecular weight excluding hydrogens is 494 g/mol. The van der Waals surface area contributed by atoms with Gasteiger partial charge < -0.3 is 0 Å². The molecule has 0 N–H and O–H groups in total. The zero-order chi connectivity index (χ0) is 24.5. The van der Waals surface area contributed by atoms with Crippen molar-refractivity contribution in [3.8, 4) is 0 Å². The van der Waals surface area contributed by atoms with Crippen LogP contribution in [0.5, 0.6) is 0 Å². The van der Waals surface area contributed by atoms with Gasteiger partial charge in [-0.1, -0.05) is 0 Å². The molecule has 1 nitrogen and oxygen atoms in total. The van der Waals surface area contributed by atoms with Gasteiger partial charge in [0.15, 0.2) is 0 Å². The van der Waals surface area contributed by atoms with Gasteiger partial charge in [-0.25, -0.2) is 0 Å². The van der Waals surface area contributed by atoms with Gasteiger partial charge in [-0.3, -0.25) is 0 Å². The summed E-state index contributed by atoms with van der Waals surface area (Å²) in [5, 5.41) is 0. The van der Waals surface area contributed by atoms with Crippen molar-refractivity contribution in [3.05, 3.63) is 29.3 Å². The van der Waals surface area contributed by atoms with Crippen LogP contribution in [0, 0.1) is 5.41 Å². The zero-order valence-electron chi connectivity index (χ0n) is 23.4. The Balaban J connectivity index is 2.82. The Morgan fingerprint density at radius 2 is 1.34 bits per heavy atom. The summed E-state index contributed by atoms with van der Waals surface area (Å²) in [4.78, 5) is 3.06. The first kappa shape index (κ1) is 28.3. The molecule has 1 saturated heterocycles. The van der Waals surface area contributed by atoms with Crippen LogP contribution in [0.4, 0.5) is 5.69 Å². The van der Waals surface area contributed by atoms with Gasteiger partial charge in [-0.2, -0.15) is 0 Å². The van der Waals surface area contributed by atoms with Crippen LogP contribution >= 0.6 is 5.59 Å². The summed E-state index contributed by atoms with van der Waals surface area (Å²) in [6.45, 7) is 30.3. The van der Waals surface area contributed by atoms with Crippen LogP contribution in [0.2, 0.25) is 0 Å². The number of anilines is 1. The first-order chi connectivity index (χ1) is 14.9. The maximum absolute atomic E-state index is 3.06. The molecule has 0 aromatic heterocycles. The number of rotatable bonds is 10. The first-order valence-corrected chi connectivity index (χ1v) is 19.1. The van der Waals surface area contributed by atoms with Crippen molar-refractivity contribution in [2.45, 2.75) is 142 Å². The van der Waals surface area contributed by atoms with Crippen molar-refractivity contribution in [3.63, 3.8) is 0 Å². The predicted molar refractivity (Wildman–Crippen MR) is 147 cm³/mol. The Bertz CT molecular complexity index is 713. The molecule has 0 aliphatic carbocycles. The first-order valence-electron chi connectivity index (χ1n) is 13.4. The number of hydrogen-bond acceptors (Lipinski definition) is 1. The predicted octanol–water partition coefficient (Wildman–Crippen LogP) is 8.91. The summed E-state index contributed by atoms with van der Waals surface area (Å²) in [6.07, 6.45) is 6.14. The van der Waals surface area contributed by atoms with Crippen LogP contribution in [-0.2, 0) is 29.5 Å². The number of para-hydroxylation sites is 1.